The Labute approximate surface area is 182 Å². The molecule has 2 atom stereocenters. The maximum absolute atomic E-state index is 13.8. The van der Waals surface area contributed by atoms with Gasteiger partial charge in [0.25, 0.3) is 0 Å². The fourth-order valence-electron chi connectivity index (χ4n) is 2.44. The number of halogens is 2. The number of hydrogen-bond acceptors (Lipinski definition) is 4. The Balaban J connectivity index is 0.00000392. The van der Waals surface area contributed by atoms with Gasteiger partial charge in [0.2, 0.25) is 0 Å². The second-order valence-electron chi connectivity index (χ2n) is 6.41. The van der Waals surface area contributed by atoms with Crippen LogP contribution in [0.5, 0.6) is 5.75 Å². The van der Waals surface area contributed by atoms with E-state index in [2.05, 4.69) is 15.6 Å². The Morgan fingerprint density at radius 2 is 2.00 bits per heavy atom. The zero-order valence-electron chi connectivity index (χ0n) is 16.4. The lowest BCUT2D eigenvalue weighted by Gasteiger charge is -2.22. The van der Waals surface area contributed by atoms with Gasteiger partial charge in [-0.3, -0.25) is 0 Å². The molecule has 1 aromatic heterocycles. The van der Waals surface area contributed by atoms with Crippen LogP contribution in [0, 0.1) is 5.82 Å². The van der Waals surface area contributed by atoms with Crippen molar-refractivity contribution in [3.8, 4) is 5.75 Å². The summed E-state index contributed by atoms with van der Waals surface area (Å²) in [4.78, 5) is 4.43. The molecule has 1 heterocycles. The van der Waals surface area contributed by atoms with Crippen LogP contribution in [0.4, 0.5) is 4.39 Å². The summed E-state index contributed by atoms with van der Waals surface area (Å²) in [6.45, 7) is 6.81. The highest BCUT2D eigenvalue weighted by atomic mass is 127. The minimum atomic E-state index is -1.21. The molecule has 2 aromatic rings. The molecule has 0 spiro atoms. The summed E-state index contributed by atoms with van der Waals surface area (Å²) in [7, 11) is 0. The van der Waals surface area contributed by atoms with Gasteiger partial charge >= 0.3 is 0 Å². The van der Waals surface area contributed by atoms with E-state index in [0.29, 0.717) is 31.2 Å². The van der Waals surface area contributed by atoms with Crippen LogP contribution >= 0.6 is 24.0 Å². The van der Waals surface area contributed by atoms with E-state index in [9.17, 15) is 9.50 Å². The van der Waals surface area contributed by atoms with E-state index in [1.807, 2.05) is 13.8 Å². The van der Waals surface area contributed by atoms with Gasteiger partial charge in [0, 0.05) is 6.54 Å². The van der Waals surface area contributed by atoms with Crippen molar-refractivity contribution < 1.29 is 18.7 Å². The number of aliphatic hydroxyl groups is 1. The average Bonchev–Trinajstić information content (AvgIpc) is 3.20. The Hall–Kier alpha value is -1.81. The van der Waals surface area contributed by atoms with Crippen LogP contribution in [0.1, 0.15) is 33.0 Å². The monoisotopic (exact) mass is 505 g/mol. The molecule has 0 amide bonds. The van der Waals surface area contributed by atoms with E-state index < -0.39 is 5.60 Å². The predicted octanol–water partition coefficient (Wildman–Crippen LogP) is 3.66. The van der Waals surface area contributed by atoms with Crippen LogP contribution in [0.3, 0.4) is 0 Å². The van der Waals surface area contributed by atoms with Gasteiger partial charge in [0.1, 0.15) is 17.5 Å². The largest absolute Gasteiger partial charge is 0.486 e. The predicted molar refractivity (Wildman–Crippen MR) is 119 cm³/mol. The SMILES string of the molecule is CCNC(=NCC(C)(O)c1ccco1)NCC(CC)Oc1ccccc1F.I. The molecule has 0 saturated heterocycles. The van der Waals surface area contributed by atoms with Gasteiger partial charge in [-0.05, 0) is 44.5 Å². The van der Waals surface area contributed by atoms with Gasteiger partial charge in [-0.2, -0.15) is 0 Å². The first kappa shape index (κ1) is 24.2. The number of rotatable bonds is 9. The number of aliphatic imine (C=N–C) groups is 1. The summed E-state index contributed by atoms with van der Waals surface area (Å²) >= 11 is 0. The zero-order valence-corrected chi connectivity index (χ0v) is 18.8. The molecule has 0 bridgehead atoms. The van der Waals surface area contributed by atoms with Crippen LogP contribution in [-0.4, -0.2) is 36.8 Å². The first-order valence-corrected chi connectivity index (χ1v) is 9.16. The number of ether oxygens (including phenoxy) is 1. The van der Waals surface area contributed by atoms with Crippen molar-refractivity contribution in [1.82, 2.24) is 10.6 Å². The molecular formula is C20H29FIN3O3. The first-order chi connectivity index (χ1) is 13.0. The van der Waals surface area contributed by atoms with Gasteiger partial charge in [-0.1, -0.05) is 19.1 Å². The topological polar surface area (TPSA) is 79.0 Å². The van der Waals surface area contributed by atoms with Crippen molar-refractivity contribution in [1.29, 1.82) is 0 Å². The van der Waals surface area contributed by atoms with Crippen LogP contribution in [0.15, 0.2) is 52.1 Å². The van der Waals surface area contributed by atoms with Crippen molar-refractivity contribution in [2.45, 2.75) is 38.9 Å². The highest BCUT2D eigenvalue weighted by molar-refractivity contribution is 14.0. The summed E-state index contributed by atoms with van der Waals surface area (Å²) in [6, 6.07) is 9.78. The number of nitrogens with one attached hydrogen (secondary N) is 2. The van der Waals surface area contributed by atoms with E-state index >= 15 is 0 Å². The molecule has 2 rings (SSSR count). The third-order valence-corrected chi connectivity index (χ3v) is 4.02. The van der Waals surface area contributed by atoms with Gasteiger partial charge in [0.15, 0.2) is 17.5 Å². The molecule has 156 valence electrons. The lowest BCUT2D eigenvalue weighted by molar-refractivity contribution is 0.0437. The fourth-order valence-corrected chi connectivity index (χ4v) is 2.44. The van der Waals surface area contributed by atoms with Crippen LogP contribution in [0.2, 0.25) is 0 Å². The average molecular weight is 505 g/mol. The second-order valence-corrected chi connectivity index (χ2v) is 6.41. The van der Waals surface area contributed by atoms with Gasteiger partial charge < -0.3 is 24.9 Å². The van der Waals surface area contributed by atoms with Crippen LogP contribution in [-0.2, 0) is 5.60 Å². The number of para-hydroxylation sites is 1. The third-order valence-electron chi connectivity index (χ3n) is 4.02. The maximum Gasteiger partial charge on any atom is 0.191 e. The first-order valence-electron chi connectivity index (χ1n) is 9.16. The van der Waals surface area contributed by atoms with Gasteiger partial charge in [0.05, 0.1) is 19.4 Å². The number of nitrogens with zero attached hydrogens (tertiary/aromatic N) is 1. The smallest absolute Gasteiger partial charge is 0.191 e. The van der Waals surface area contributed by atoms with Crippen molar-refractivity contribution in [3.63, 3.8) is 0 Å². The van der Waals surface area contributed by atoms with E-state index in [1.54, 1.807) is 37.3 Å². The highest BCUT2D eigenvalue weighted by Gasteiger charge is 2.26. The maximum atomic E-state index is 13.8. The number of guanidine groups is 1. The highest BCUT2D eigenvalue weighted by Crippen LogP contribution is 2.21. The molecule has 1 aromatic carbocycles. The standard InChI is InChI=1S/C20H28FN3O3.HI/c1-4-15(27-17-10-7-6-9-16(17)21)13-23-19(22-5-2)24-14-20(3,25)18-11-8-12-26-18;/h6-12,15,25H,4-5,13-14H2,1-3H3,(H2,22,23,24);1H. The molecule has 0 radical (unpaired) electrons. The van der Waals surface area contributed by atoms with Crippen molar-refractivity contribution >= 4 is 29.9 Å². The van der Waals surface area contributed by atoms with Crippen molar-refractivity contribution in [2.24, 2.45) is 4.99 Å². The molecule has 6 nitrogen and oxygen atoms in total. The summed E-state index contributed by atoms with van der Waals surface area (Å²) in [6.07, 6.45) is 1.99. The lowest BCUT2D eigenvalue weighted by Crippen LogP contribution is -2.43. The number of benzene rings is 1. The molecule has 0 aliphatic carbocycles. The lowest BCUT2D eigenvalue weighted by atomic mass is 10.0. The second kappa shape index (κ2) is 11.9. The molecule has 0 aliphatic heterocycles. The van der Waals surface area contributed by atoms with E-state index in [0.717, 1.165) is 0 Å². The Morgan fingerprint density at radius 1 is 1.25 bits per heavy atom. The summed E-state index contributed by atoms with van der Waals surface area (Å²) in [5.41, 5.74) is -1.21. The van der Waals surface area contributed by atoms with Gasteiger partial charge in [-0.15, -0.1) is 24.0 Å². The van der Waals surface area contributed by atoms with E-state index in [-0.39, 0.29) is 48.2 Å². The molecule has 0 aliphatic rings. The van der Waals surface area contributed by atoms with Gasteiger partial charge in [-0.25, -0.2) is 9.38 Å². The molecular weight excluding hydrogens is 476 g/mol. The Bertz CT molecular complexity index is 723. The molecule has 8 heteroatoms. The molecule has 0 saturated carbocycles. The van der Waals surface area contributed by atoms with E-state index in [4.69, 9.17) is 9.15 Å². The Kier molecular flexibility index (Phi) is 10.3. The summed E-state index contributed by atoms with van der Waals surface area (Å²) in [5, 5.41) is 16.8. The minimum Gasteiger partial charge on any atom is -0.486 e. The number of hydrogen-bond donors (Lipinski definition) is 3. The fraction of sp³-hybridized carbons (Fsp3) is 0.450. The molecule has 2 unspecified atom stereocenters. The van der Waals surface area contributed by atoms with Crippen molar-refractivity contribution in [2.75, 3.05) is 19.6 Å². The molecule has 0 fully saturated rings. The zero-order chi connectivity index (χ0) is 19.7. The molecule has 28 heavy (non-hydrogen) atoms. The summed E-state index contributed by atoms with van der Waals surface area (Å²) < 4.78 is 24.8. The third kappa shape index (κ3) is 7.31. The van der Waals surface area contributed by atoms with Crippen molar-refractivity contribution in [3.05, 3.63) is 54.2 Å². The quantitative estimate of drug-likeness (QED) is 0.276. The normalized spacial score (nSPS) is 14.5. The van der Waals surface area contributed by atoms with E-state index in [1.165, 1.54) is 12.3 Å². The molecule has 3 N–H and O–H groups in total. The Morgan fingerprint density at radius 3 is 2.61 bits per heavy atom. The van der Waals surface area contributed by atoms with Crippen LogP contribution in [0.25, 0.3) is 0 Å². The van der Waals surface area contributed by atoms with Crippen LogP contribution < -0.4 is 15.4 Å². The summed E-state index contributed by atoms with van der Waals surface area (Å²) in [5.74, 6) is 0.844. The number of furan rings is 1. The minimum absolute atomic E-state index is 0.